The predicted molar refractivity (Wildman–Crippen MR) is 122 cm³/mol. The summed E-state index contributed by atoms with van der Waals surface area (Å²) in [5.41, 5.74) is 1.10. The van der Waals surface area contributed by atoms with Crippen LogP contribution in [0.2, 0.25) is 5.02 Å². The molecule has 1 aromatic heterocycles. The van der Waals surface area contributed by atoms with Gasteiger partial charge in [0, 0.05) is 16.8 Å². The summed E-state index contributed by atoms with van der Waals surface area (Å²) in [7, 11) is 0. The number of nitrogens with one attached hydrogen (secondary N) is 1. The SMILES string of the molecule is CCOc1ccc(CC(=O)Nc2nn(Cc3c(F)cccc3Cl)cc2Br)cc1OCC. The van der Waals surface area contributed by atoms with Gasteiger partial charge in [-0.05, 0) is 59.6 Å². The molecule has 1 N–H and O–H groups in total. The van der Waals surface area contributed by atoms with Crippen molar-refractivity contribution in [1.29, 1.82) is 0 Å². The number of benzene rings is 2. The number of carbonyl (C=O) groups is 1. The third kappa shape index (κ3) is 5.98. The molecule has 0 fully saturated rings. The lowest BCUT2D eigenvalue weighted by Gasteiger charge is -2.12. The van der Waals surface area contributed by atoms with E-state index in [4.69, 9.17) is 21.1 Å². The van der Waals surface area contributed by atoms with Gasteiger partial charge in [0.25, 0.3) is 0 Å². The first kappa shape index (κ1) is 23.1. The van der Waals surface area contributed by atoms with Crippen molar-refractivity contribution < 1.29 is 18.7 Å². The number of ether oxygens (including phenoxy) is 2. The molecular formula is C22H22BrClFN3O3. The second kappa shape index (κ2) is 10.6. The van der Waals surface area contributed by atoms with E-state index in [9.17, 15) is 9.18 Å². The maximum absolute atomic E-state index is 14.0. The van der Waals surface area contributed by atoms with Crippen molar-refractivity contribution in [3.05, 3.63) is 69.0 Å². The summed E-state index contributed by atoms with van der Waals surface area (Å²) in [5, 5.41) is 7.41. The molecule has 2 aromatic carbocycles. The summed E-state index contributed by atoms with van der Waals surface area (Å²) in [6, 6.07) is 9.91. The van der Waals surface area contributed by atoms with Crippen LogP contribution in [0.5, 0.6) is 11.5 Å². The number of halogens is 3. The van der Waals surface area contributed by atoms with Crippen molar-refractivity contribution in [3.63, 3.8) is 0 Å². The molecule has 31 heavy (non-hydrogen) atoms. The smallest absolute Gasteiger partial charge is 0.230 e. The van der Waals surface area contributed by atoms with Gasteiger partial charge in [-0.2, -0.15) is 5.10 Å². The van der Waals surface area contributed by atoms with Crippen molar-refractivity contribution in [1.82, 2.24) is 9.78 Å². The summed E-state index contributed by atoms with van der Waals surface area (Å²) >= 11 is 9.46. The quantitative estimate of drug-likeness (QED) is 0.415. The molecule has 9 heteroatoms. The van der Waals surface area contributed by atoms with Gasteiger partial charge in [-0.1, -0.05) is 23.7 Å². The third-order valence-corrected chi connectivity index (χ3v) is 5.26. The minimum absolute atomic E-state index is 0.130. The highest BCUT2D eigenvalue weighted by molar-refractivity contribution is 9.10. The highest BCUT2D eigenvalue weighted by Crippen LogP contribution is 2.29. The van der Waals surface area contributed by atoms with E-state index in [1.165, 1.54) is 10.7 Å². The maximum Gasteiger partial charge on any atom is 0.230 e. The zero-order chi connectivity index (χ0) is 22.4. The monoisotopic (exact) mass is 509 g/mol. The normalized spacial score (nSPS) is 10.7. The standard InChI is InChI=1S/C22H22BrClFN3O3/c1-3-30-19-9-8-14(10-20(19)31-4-2)11-21(29)26-22-16(23)13-28(27-22)12-15-17(24)6-5-7-18(15)25/h5-10,13H,3-4,11-12H2,1-2H3,(H,26,27,29). The Bertz CT molecular complexity index is 1050. The molecule has 1 heterocycles. The molecule has 0 bridgehead atoms. The topological polar surface area (TPSA) is 65.4 Å². The number of anilines is 1. The molecule has 0 saturated heterocycles. The summed E-state index contributed by atoms with van der Waals surface area (Å²) < 4.78 is 27.3. The van der Waals surface area contributed by atoms with Gasteiger partial charge in [0.2, 0.25) is 5.91 Å². The van der Waals surface area contributed by atoms with Gasteiger partial charge in [-0.25, -0.2) is 4.39 Å². The Labute approximate surface area is 193 Å². The van der Waals surface area contributed by atoms with Gasteiger partial charge in [0.1, 0.15) is 5.82 Å². The molecule has 0 atom stereocenters. The van der Waals surface area contributed by atoms with Crippen molar-refractivity contribution in [2.45, 2.75) is 26.8 Å². The molecule has 0 unspecified atom stereocenters. The van der Waals surface area contributed by atoms with Crippen LogP contribution in [-0.4, -0.2) is 28.9 Å². The van der Waals surface area contributed by atoms with Crippen molar-refractivity contribution in [2.75, 3.05) is 18.5 Å². The zero-order valence-electron chi connectivity index (χ0n) is 17.1. The molecule has 164 valence electrons. The van der Waals surface area contributed by atoms with E-state index in [1.807, 2.05) is 19.9 Å². The number of hydrogen-bond donors (Lipinski definition) is 1. The molecule has 0 aliphatic rings. The lowest BCUT2D eigenvalue weighted by atomic mass is 10.1. The van der Waals surface area contributed by atoms with Crippen LogP contribution in [-0.2, 0) is 17.8 Å². The average molecular weight is 511 g/mol. The maximum atomic E-state index is 14.0. The van der Waals surface area contributed by atoms with Gasteiger partial charge >= 0.3 is 0 Å². The molecule has 0 aliphatic carbocycles. The fourth-order valence-electron chi connectivity index (χ4n) is 2.98. The van der Waals surface area contributed by atoms with Crippen molar-refractivity contribution in [2.24, 2.45) is 0 Å². The second-order valence-corrected chi connectivity index (χ2v) is 7.86. The Morgan fingerprint density at radius 3 is 2.65 bits per heavy atom. The van der Waals surface area contributed by atoms with E-state index < -0.39 is 5.82 Å². The molecule has 3 aromatic rings. The van der Waals surface area contributed by atoms with E-state index in [2.05, 4.69) is 26.3 Å². The number of nitrogens with zero attached hydrogens (tertiary/aromatic N) is 2. The highest BCUT2D eigenvalue weighted by atomic mass is 79.9. The van der Waals surface area contributed by atoms with Gasteiger partial charge in [-0.3, -0.25) is 9.48 Å². The van der Waals surface area contributed by atoms with Crippen molar-refractivity contribution >= 4 is 39.3 Å². The number of rotatable bonds is 9. The summed E-state index contributed by atoms with van der Waals surface area (Å²) in [6.45, 7) is 4.93. The Morgan fingerprint density at radius 1 is 1.19 bits per heavy atom. The third-order valence-electron chi connectivity index (χ3n) is 4.33. The first-order valence-corrected chi connectivity index (χ1v) is 10.9. The number of hydrogen-bond acceptors (Lipinski definition) is 4. The molecule has 0 saturated carbocycles. The van der Waals surface area contributed by atoms with Crippen molar-refractivity contribution in [3.8, 4) is 11.5 Å². The lowest BCUT2D eigenvalue weighted by Crippen LogP contribution is -2.15. The predicted octanol–water partition coefficient (Wildman–Crippen LogP) is 5.47. The van der Waals surface area contributed by atoms with E-state index in [0.29, 0.717) is 45.6 Å². The largest absolute Gasteiger partial charge is 0.490 e. The molecule has 0 radical (unpaired) electrons. The fourth-order valence-corrected chi connectivity index (χ4v) is 3.61. The fraction of sp³-hybridized carbons (Fsp3) is 0.273. The first-order chi connectivity index (χ1) is 14.9. The highest BCUT2D eigenvalue weighted by Gasteiger charge is 2.15. The average Bonchev–Trinajstić information content (AvgIpc) is 3.06. The van der Waals surface area contributed by atoms with E-state index in [-0.39, 0.29) is 18.9 Å². The van der Waals surface area contributed by atoms with E-state index in [1.54, 1.807) is 30.5 Å². The Kier molecular flexibility index (Phi) is 7.92. The Hall–Kier alpha value is -2.58. The summed E-state index contributed by atoms with van der Waals surface area (Å²) in [4.78, 5) is 12.6. The molecule has 0 aliphatic heterocycles. The van der Waals surface area contributed by atoms with Gasteiger partial charge in [-0.15, -0.1) is 0 Å². The molecule has 6 nitrogen and oxygen atoms in total. The molecule has 3 rings (SSSR count). The first-order valence-electron chi connectivity index (χ1n) is 9.75. The molecule has 1 amide bonds. The number of amides is 1. The Balaban J connectivity index is 1.69. The minimum Gasteiger partial charge on any atom is -0.490 e. The van der Waals surface area contributed by atoms with Crippen LogP contribution in [0.1, 0.15) is 25.0 Å². The lowest BCUT2D eigenvalue weighted by molar-refractivity contribution is -0.115. The van der Waals surface area contributed by atoms with Gasteiger partial charge in [0.05, 0.1) is 30.7 Å². The summed E-state index contributed by atoms with van der Waals surface area (Å²) in [5.74, 6) is 0.920. The molecular weight excluding hydrogens is 489 g/mol. The van der Waals surface area contributed by atoms with Gasteiger partial charge < -0.3 is 14.8 Å². The van der Waals surface area contributed by atoms with Crippen LogP contribution >= 0.6 is 27.5 Å². The van der Waals surface area contributed by atoms with Crippen LogP contribution < -0.4 is 14.8 Å². The van der Waals surface area contributed by atoms with Gasteiger partial charge in [0.15, 0.2) is 17.3 Å². The minimum atomic E-state index is -0.412. The van der Waals surface area contributed by atoms with Crippen LogP contribution in [0.4, 0.5) is 10.2 Å². The van der Waals surface area contributed by atoms with Crippen LogP contribution in [0, 0.1) is 5.82 Å². The number of aromatic nitrogens is 2. The van der Waals surface area contributed by atoms with E-state index in [0.717, 1.165) is 5.56 Å². The molecule has 0 spiro atoms. The van der Waals surface area contributed by atoms with E-state index >= 15 is 0 Å². The summed E-state index contributed by atoms with van der Waals surface area (Å²) in [6.07, 6.45) is 1.79. The zero-order valence-corrected chi connectivity index (χ0v) is 19.5. The second-order valence-electron chi connectivity index (χ2n) is 6.60. The number of carbonyl (C=O) groups excluding carboxylic acids is 1. The van der Waals surface area contributed by atoms with Crippen LogP contribution in [0.15, 0.2) is 47.1 Å². The Morgan fingerprint density at radius 2 is 1.94 bits per heavy atom. The van der Waals surface area contributed by atoms with Crippen LogP contribution in [0.3, 0.4) is 0 Å². The van der Waals surface area contributed by atoms with Crippen LogP contribution in [0.25, 0.3) is 0 Å².